The van der Waals surface area contributed by atoms with Crippen molar-refractivity contribution in [3.63, 3.8) is 0 Å². The normalized spacial score (nSPS) is 10.3. The average molecular weight is 259 g/mol. The Kier molecular flexibility index (Phi) is 3.79. The van der Waals surface area contributed by atoms with E-state index in [0.717, 1.165) is 10.9 Å². The molecular weight excluding hydrogens is 242 g/mol. The maximum atomic E-state index is 11.6. The summed E-state index contributed by atoms with van der Waals surface area (Å²) in [6, 6.07) is 7.68. The highest BCUT2D eigenvalue weighted by Gasteiger charge is 2.09. The summed E-state index contributed by atoms with van der Waals surface area (Å²) in [6.07, 6.45) is 0. The number of fused-ring (bicyclic) bond motifs is 1. The topological polar surface area (TPSA) is 70.2 Å². The molecule has 0 aliphatic rings. The second kappa shape index (κ2) is 5.51. The zero-order chi connectivity index (χ0) is 13.8. The van der Waals surface area contributed by atoms with Gasteiger partial charge < -0.3 is 15.5 Å². The number of hydrogen-bond acceptors (Lipinski definition) is 5. The van der Waals surface area contributed by atoms with E-state index in [2.05, 4.69) is 20.6 Å². The number of para-hydroxylation sites is 1. The van der Waals surface area contributed by atoms with Gasteiger partial charge in [-0.05, 0) is 12.1 Å². The van der Waals surface area contributed by atoms with Gasteiger partial charge in [-0.2, -0.15) is 4.98 Å². The Balaban J connectivity index is 2.32. The van der Waals surface area contributed by atoms with Gasteiger partial charge in [-0.3, -0.25) is 4.79 Å². The van der Waals surface area contributed by atoms with Crippen LogP contribution in [-0.4, -0.2) is 48.5 Å². The third-order valence-electron chi connectivity index (χ3n) is 2.73. The molecule has 0 radical (unpaired) electrons. The number of carbonyl (C=O) groups excluding carboxylic acids is 1. The van der Waals surface area contributed by atoms with E-state index in [1.165, 1.54) is 4.90 Å². The molecule has 6 heteroatoms. The van der Waals surface area contributed by atoms with Crippen LogP contribution in [0.2, 0.25) is 0 Å². The van der Waals surface area contributed by atoms with E-state index in [4.69, 9.17) is 0 Å². The number of rotatable bonds is 4. The van der Waals surface area contributed by atoms with Crippen LogP contribution in [0.5, 0.6) is 0 Å². The van der Waals surface area contributed by atoms with Gasteiger partial charge in [-0.25, -0.2) is 4.98 Å². The standard InChI is InChI=1S/C13H17N5O/c1-14-13-16-10-7-5-4-6-9(10)12(17-13)15-8-11(19)18(2)3/h4-7H,8H2,1-3H3,(H2,14,15,16,17). The Morgan fingerprint density at radius 2 is 2.00 bits per heavy atom. The minimum Gasteiger partial charge on any atom is -0.360 e. The lowest BCUT2D eigenvalue weighted by molar-refractivity contribution is -0.126. The molecule has 19 heavy (non-hydrogen) atoms. The molecule has 0 spiro atoms. The number of nitrogens with one attached hydrogen (secondary N) is 2. The van der Waals surface area contributed by atoms with Crippen LogP contribution in [0.25, 0.3) is 10.9 Å². The maximum Gasteiger partial charge on any atom is 0.241 e. The predicted molar refractivity (Wildman–Crippen MR) is 76.3 cm³/mol. The number of hydrogen-bond donors (Lipinski definition) is 2. The monoisotopic (exact) mass is 259 g/mol. The molecule has 0 saturated heterocycles. The molecule has 2 rings (SSSR count). The molecule has 0 aliphatic carbocycles. The first kappa shape index (κ1) is 13.1. The summed E-state index contributed by atoms with van der Waals surface area (Å²) in [5.41, 5.74) is 0.835. The number of likely N-dealkylation sites (N-methyl/N-ethyl adjacent to an activating group) is 1. The van der Waals surface area contributed by atoms with Crippen molar-refractivity contribution in [2.24, 2.45) is 0 Å². The van der Waals surface area contributed by atoms with E-state index in [0.29, 0.717) is 11.8 Å². The first-order valence-corrected chi connectivity index (χ1v) is 6.00. The van der Waals surface area contributed by atoms with Gasteiger partial charge >= 0.3 is 0 Å². The number of aromatic nitrogens is 2. The Hall–Kier alpha value is -2.37. The van der Waals surface area contributed by atoms with Gasteiger partial charge in [0.2, 0.25) is 11.9 Å². The molecule has 2 aromatic rings. The molecule has 6 nitrogen and oxygen atoms in total. The molecule has 1 amide bonds. The molecule has 0 fully saturated rings. The lowest BCUT2D eigenvalue weighted by Gasteiger charge is -2.13. The van der Waals surface area contributed by atoms with Crippen molar-refractivity contribution in [3.05, 3.63) is 24.3 Å². The second-order valence-electron chi connectivity index (χ2n) is 4.30. The van der Waals surface area contributed by atoms with Gasteiger partial charge in [-0.15, -0.1) is 0 Å². The Morgan fingerprint density at radius 3 is 2.68 bits per heavy atom. The summed E-state index contributed by atoms with van der Waals surface area (Å²) in [5.74, 6) is 1.18. The highest BCUT2D eigenvalue weighted by molar-refractivity contribution is 5.91. The summed E-state index contributed by atoms with van der Waals surface area (Å²) in [5, 5.41) is 6.87. The highest BCUT2D eigenvalue weighted by Crippen LogP contribution is 2.21. The number of nitrogens with zero attached hydrogens (tertiary/aromatic N) is 3. The molecule has 0 atom stereocenters. The Labute approximate surface area is 111 Å². The first-order chi connectivity index (χ1) is 9.11. The van der Waals surface area contributed by atoms with Crippen molar-refractivity contribution in [3.8, 4) is 0 Å². The molecule has 0 saturated carbocycles. The van der Waals surface area contributed by atoms with Crippen LogP contribution >= 0.6 is 0 Å². The van der Waals surface area contributed by atoms with Crippen LogP contribution in [0.1, 0.15) is 0 Å². The molecule has 2 N–H and O–H groups in total. The van der Waals surface area contributed by atoms with Gasteiger partial charge in [0.15, 0.2) is 0 Å². The van der Waals surface area contributed by atoms with E-state index in [1.54, 1.807) is 21.1 Å². The van der Waals surface area contributed by atoms with Crippen molar-refractivity contribution in [1.82, 2.24) is 14.9 Å². The van der Waals surface area contributed by atoms with Crippen LogP contribution in [0, 0.1) is 0 Å². The Morgan fingerprint density at radius 1 is 1.26 bits per heavy atom. The van der Waals surface area contributed by atoms with Gasteiger partial charge in [0.1, 0.15) is 5.82 Å². The molecule has 0 aliphatic heterocycles. The second-order valence-corrected chi connectivity index (χ2v) is 4.30. The number of anilines is 2. The lowest BCUT2D eigenvalue weighted by atomic mass is 10.2. The van der Waals surface area contributed by atoms with Crippen LogP contribution in [0.4, 0.5) is 11.8 Å². The minimum absolute atomic E-state index is 0.00583. The van der Waals surface area contributed by atoms with Gasteiger partial charge in [0, 0.05) is 26.5 Å². The number of amides is 1. The fraction of sp³-hybridized carbons (Fsp3) is 0.308. The zero-order valence-electron chi connectivity index (χ0n) is 11.3. The van der Waals surface area contributed by atoms with E-state index in [-0.39, 0.29) is 12.5 Å². The SMILES string of the molecule is CNc1nc(NCC(=O)N(C)C)c2ccccc2n1. The predicted octanol–water partition coefficient (Wildman–Crippen LogP) is 1.17. The number of benzene rings is 1. The van der Waals surface area contributed by atoms with Crippen LogP contribution in [0.3, 0.4) is 0 Å². The van der Waals surface area contributed by atoms with Gasteiger partial charge in [0.25, 0.3) is 0 Å². The van der Waals surface area contributed by atoms with E-state index >= 15 is 0 Å². The quantitative estimate of drug-likeness (QED) is 0.862. The van der Waals surface area contributed by atoms with E-state index < -0.39 is 0 Å². The van der Waals surface area contributed by atoms with Gasteiger partial charge in [-0.1, -0.05) is 12.1 Å². The van der Waals surface area contributed by atoms with Crippen LogP contribution in [0.15, 0.2) is 24.3 Å². The van der Waals surface area contributed by atoms with E-state index in [1.807, 2.05) is 24.3 Å². The Bertz CT molecular complexity index is 597. The average Bonchev–Trinajstić information content (AvgIpc) is 2.43. The molecule has 1 aromatic heterocycles. The summed E-state index contributed by atoms with van der Waals surface area (Å²) in [6.45, 7) is 0.206. The molecule has 1 aromatic carbocycles. The third kappa shape index (κ3) is 2.90. The number of carbonyl (C=O) groups is 1. The first-order valence-electron chi connectivity index (χ1n) is 6.00. The molecule has 100 valence electrons. The molecule has 0 unspecified atom stereocenters. The molecular formula is C13H17N5O. The summed E-state index contributed by atoms with van der Waals surface area (Å²) in [4.78, 5) is 21.9. The van der Waals surface area contributed by atoms with Crippen molar-refractivity contribution < 1.29 is 4.79 Å². The highest BCUT2D eigenvalue weighted by atomic mass is 16.2. The summed E-state index contributed by atoms with van der Waals surface area (Å²) >= 11 is 0. The molecule has 1 heterocycles. The smallest absolute Gasteiger partial charge is 0.241 e. The largest absolute Gasteiger partial charge is 0.360 e. The van der Waals surface area contributed by atoms with Crippen LogP contribution in [-0.2, 0) is 4.79 Å². The molecule has 0 bridgehead atoms. The van der Waals surface area contributed by atoms with Gasteiger partial charge in [0.05, 0.1) is 12.1 Å². The van der Waals surface area contributed by atoms with E-state index in [9.17, 15) is 4.79 Å². The van der Waals surface area contributed by atoms with Crippen LogP contribution < -0.4 is 10.6 Å². The summed E-state index contributed by atoms with van der Waals surface area (Å²) in [7, 11) is 5.21. The lowest BCUT2D eigenvalue weighted by Crippen LogP contribution is -2.28. The minimum atomic E-state index is -0.00583. The maximum absolute atomic E-state index is 11.6. The van der Waals surface area contributed by atoms with Crippen molar-refractivity contribution in [1.29, 1.82) is 0 Å². The summed E-state index contributed by atoms with van der Waals surface area (Å²) < 4.78 is 0. The van der Waals surface area contributed by atoms with Crippen molar-refractivity contribution in [2.45, 2.75) is 0 Å². The van der Waals surface area contributed by atoms with Crippen molar-refractivity contribution >= 4 is 28.6 Å². The zero-order valence-corrected chi connectivity index (χ0v) is 11.3. The third-order valence-corrected chi connectivity index (χ3v) is 2.73. The fourth-order valence-corrected chi connectivity index (χ4v) is 1.64. The van der Waals surface area contributed by atoms with Crippen molar-refractivity contribution in [2.75, 3.05) is 38.3 Å². The fourth-order valence-electron chi connectivity index (χ4n) is 1.64.